The number of carbonyl (C=O) groups is 3. The van der Waals surface area contributed by atoms with Gasteiger partial charge in [0.25, 0.3) is 11.8 Å². The number of amides is 2. The van der Waals surface area contributed by atoms with Crippen LogP contribution in [0.3, 0.4) is 0 Å². The van der Waals surface area contributed by atoms with E-state index in [1.807, 2.05) is 13.8 Å². The van der Waals surface area contributed by atoms with E-state index < -0.39 is 17.8 Å². The zero-order chi connectivity index (χ0) is 12.8. The van der Waals surface area contributed by atoms with Crippen LogP contribution in [0.15, 0.2) is 12.2 Å². The minimum absolute atomic E-state index is 0.120. The number of carbonyl (C=O) groups excluding carboxylic acids is 3. The van der Waals surface area contributed by atoms with Crippen LogP contribution in [0.1, 0.15) is 33.1 Å². The Labute approximate surface area is 99.4 Å². The van der Waals surface area contributed by atoms with Gasteiger partial charge in [0.15, 0.2) is 0 Å². The van der Waals surface area contributed by atoms with E-state index in [0.717, 1.165) is 5.57 Å². The van der Waals surface area contributed by atoms with Gasteiger partial charge in [-0.1, -0.05) is 19.1 Å². The van der Waals surface area contributed by atoms with Gasteiger partial charge >= 0.3 is 5.97 Å². The normalized spacial score (nSPS) is 31.6. The Hall–Kier alpha value is -1.65. The standard InChI is InChI=1S/C12H15NO4/c1-7(2)12(3)6-8(12)11(16)17-13-9(14)4-5-10(13)15/h8H,1,4-6H2,2-3H3/t8-,12-/m0/s1. The van der Waals surface area contributed by atoms with Crippen molar-refractivity contribution in [1.29, 1.82) is 0 Å². The van der Waals surface area contributed by atoms with Gasteiger partial charge in [0.2, 0.25) is 0 Å². The molecule has 1 aliphatic carbocycles. The van der Waals surface area contributed by atoms with E-state index in [1.165, 1.54) is 0 Å². The van der Waals surface area contributed by atoms with Crippen molar-refractivity contribution in [3.63, 3.8) is 0 Å². The van der Waals surface area contributed by atoms with E-state index in [9.17, 15) is 14.4 Å². The third-order valence-electron chi connectivity index (χ3n) is 3.68. The van der Waals surface area contributed by atoms with Crippen LogP contribution in [0.25, 0.3) is 0 Å². The molecule has 1 saturated carbocycles. The highest BCUT2D eigenvalue weighted by Crippen LogP contribution is 2.57. The Morgan fingerprint density at radius 1 is 1.41 bits per heavy atom. The highest BCUT2D eigenvalue weighted by atomic mass is 16.7. The predicted molar refractivity (Wildman–Crippen MR) is 58.2 cm³/mol. The van der Waals surface area contributed by atoms with Crippen molar-refractivity contribution in [2.75, 3.05) is 0 Å². The molecule has 92 valence electrons. The Balaban J connectivity index is 1.98. The number of nitrogens with zero attached hydrogens (tertiary/aromatic N) is 1. The molecule has 0 unspecified atom stereocenters. The minimum atomic E-state index is -0.515. The van der Waals surface area contributed by atoms with Gasteiger partial charge in [-0.05, 0) is 13.3 Å². The van der Waals surface area contributed by atoms with Crippen molar-refractivity contribution in [3.8, 4) is 0 Å². The maximum absolute atomic E-state index is 11.8. The Bertz CT molecular complexity index is 412. The van der Waals surface area contributed by atoms with Crippen LogP contribution in [0.5, 0.6) is 0 Å². The average Bonchev–Trinajstić information content (AvgIpc) is 2.87. The van der Waals surface area contributed by atoms with Crippen LogP contribution in [0, 0.1) is 11.3 Å². The molecule has 0 radical (unpaired) electrons. The zero-order valence-corrected chi connectivity index (χ0v) is 9.99. The van der Waals surface area contributed by atoms with Crippen LogP contribution in [0.4, 0.5) is 0 Å². The molecule has 0 aromatic rings. The molecule has 0 bridgehead atoms. The Morgan fingerprint density at radius 3 is 2.35 bits per heavy atom. The number of allylic oxidation sites excluding steroid dienone is 1. The van der Waals surface area contributed by atoms with Gasteiger partial charge < -0.3 is 4.84 Å². The monoisotopic (exact) mass is 237 g/mol. The van der Waals surface area contributed by atoms with Gasteiger partial charge in [0, 0.05) is 18.3 Å². The first-order valence-electron chi connectivity index (χ1n) is 5.60. The quantitative estimate of drug-likeness (QED) is 0.546. The lowest BCUT2D eigenvalue weighted by Crippen LogP contribution is -2.33. The first kappa shape index (κ1) is 11.8. The smallest absolute Gasteiger partial charge is 0.330 e. The summed E-state index contributed by atoms with van der Waals surface area (Å²) in [6.45, 7) is 7.61. The van der Waals surface area contributed by atoms with Gasteiger partial charge in [-0.3, -0.25) is 9.59 Å². The van der Waals surface area contributed by atoms with Crippen LogP contribution >= 0.6 is 0 Å². The molecule has 1 heterocycles. The lowest BCUT2D eigenvalue weighted by atomic mass is 9.98. The first-order valence-corrected chi connectivity index (χ1v) is 5.60. The fraction of sp³-hybridized carbons (Fsp3) is 0.583. The van der Waals surface area contributed by atoms with Crippen LogP contribution in [-0.4, -0.2) is 22.8 Å². The molecule has 17 heavy (non-hydrogen) atoms. The van der Waals surface area contributed by atoms with E-state index >= 15 is 0 Å². The molecule has 0 spiro atoms. The van der Waals surface area contributed by atoms with Gasteiger partial charge in [0.1, 0.15) is 0 Å². The molecule has 2 rings (SSSR count). The van der Waals surface area contributed by atoms with E-state index in [2.05, 4.69) is 6.58 Å². The molecule has 2 atom stereocenters. The molecule has 1 saturated heterocycles. The van der Waals surface area contributed by atoms with E-state index in [4.69, 9.17) is 4.84 Å². The van der Waals surface area contributed by atoms with Crippen molar-refractivity contribution in [3.05, 3.63) is 12.2 Å². The Morgan fingerprint density at radius 2 is 1.94 bits per heavy atom. The molecule has 2 fully saturated rings. The van der Waals surface area contributed by atoms with Crippen molar-refractivity contribution >= 4 is 17.8 Å². The number of imide groups is 1. The SMILES string of the molecule is C=C(C)[C@]1(C)C[C@H]1C(=O)ON1C(=O)CCC1=O. The average molecular weight is 237 g/mol. The summed E-state index contributed by atoms with van der Waals surface area (Å²) in [5, 5.41) is 0.597. The molecule has 0 aromatic heterocycles. The van der Waals surface area contributed by atoms with Gasteiger partial charge in [-0.25, -0.2) is 4.79 Å². The third kappa shape index (κ3) is 1.85. The van der Waals surface area contributed by atoms with E-state index in [1.54, 1.807) is 0 Å². The summed E-state index contributed by atoms with van der Waals surface area (Å²) in [6.07, 6.45) is 0.903. The summed E-state index contributed by atoms with van der Waals surface area (Å²) >= 11 is 0. The second-order valence-corrected chi connectivity index (χ2v) is 4.95. The maximum Gasteiger partial charge on any atom is 0.337 e. The molecule has 5 nitrogen and oxygen atoms in total. The molecule has 2 aliphatic rings. The number of hydroxylamine groups is 2. The lowest BCUT2D eigenvalue weighted by molar-refractivity contribution is -0.199. The number of rotatable bonds is 3. The highest BCUT2D eigenvalue weighted by molar-refractivity contribution is 6.01. The van der Waals surface area contributed by atoms with Crippen LogP contribution < -0.4 is 0 Å². The summed E-state index contributed by atoms with van der Waals surface area (Å²) in [6, 6.07) is 0. The minimum Gasteiger partial charge on any atom is -0.330 e. The molecule has 2 amide bonds. The molecule has 5 heteroatoms. The summed E-state index contributed by atoms with van der Waals surface area (Å²) in [5.74, 6) is -1.69. The lowest BCUT2D eigenvalue weighted by Gasteiger charge is -2.14. The summed E-state index contributed by atoms with van der Waals surface area (Å²) in [5.41, 5.74) is 0.668. The van der Waals surface area contributed by atoms with Crippen molar-refractivity contribution in [2.45, 2.75) is 33.1 Å². The summed E-state index contributed by atoms with van der Waals surface area (Å²) in [4.78, 5) is 39.2. The summed E-state index contributed by atoms with van der Waals surface area (Å²) in [7, 11) is 0. The van der Waals surface area contributed by atoms with Crippen molar-refractivity contribution in [2.24, 2.45) is 11.3 Å². The molecule has 0 aromatic carbocycles. The maximum atomic E-state index is 11.8. The summed E-state index contributed by atoms with van der Waals surface area (Å²) < 4.78 is 0. The largest absolute Gasteiger partial charge is 0.337 e. The molecular formula is C12H15NO4. The van der Waals surface area contributed by atoms with Crippen LogP contribution in [-0.2, 0) is 19.2 Å². The van der Waals surface area contributed by atoms with Crippen molar-refractivity contribution < 1.29 is 19.2 Å². The number of hydrogen-bond acceptors (Lipinski definition) is 4. The second-order valence-electron chi connectivity index (χ2n) is 4.95. The fourth-order valence-corrected chi connectivity index (χ4v) is 1.99. The molecule has 0 N–H and O–H groups in total. The fourth-order valence-electron chi connectivity index (χ4n) is 1.99. The van der Waals surface area contributed by atoms with E-state index in [-0.39, 0.29) is 24.2 Å². The van der Waals surface area contributed by atoms with Gasteiger partial charge in [0.05, 0.1) is 5.92 Å². The topological polar surface area (TPSA) is 63.7 Å². The molecular weight excluding hydrogens is 222 g/mol. The zero-order valence-electron chi connectivity index (χ0n) is 9.99. The highest BCUT2D eigenvalue weighted by Gasteiger charge is 2.57. The molecule has 1 aliphatic heterocycles. The third-order valence-corrected chi connectivity index (χ3v) is 3.68. The van der Waals surface area contributed by atoms with Gasteiger partial charge in [-0.15, -0.1) is 5.06 Å². The second kappa shape index (κ2) is 3.68. The van der Waals surface area contributed by atoms with Crippen LogP contribution in [0.2, 0.25) is 0 Å². The van der Waals surface area contributed by atoms with Gasteiger partial charge in [-0.2, -0.15) is 0 Å². The van der Waals surface area contributed by atoms with Crippen molar-refractivity contribution in [1.82, 2.24) is 5.06 Å². The first-order chi connectivity index (χ1) is 7.86. The predicted octanol–water partition coefficient (Wildman–Crippen LogP) is 1.20. The van der Waals surface area contributed by atoms with E-state index in [0.29, 0.717) is 11.5 Å². The number of hydrogen-bond donors (Lipinski definition) is 0. The Kier molecular flexibility index (Phi) is 2.56.